The molecule has 0 aromatic heterocycles. The number of nitriles is 1. The van der Waals surface area contributed by atoms with Gasteiger partial charge in [-0.2, -0.15) is 5.26 Å². The number of nitrogens with zero attached hydrogens (tertiary/aromatic N) is 1. The largest absolute Gasteiger partial charge is 0.479 e. The second-order valence-corrected chi connectivity index (χ2v) is 4.09. The van der Waals surface area contributed by atoms with Crippen LogP contribution in [0.4, 0.5) is 0 Å². The van der Waals surface area contributed by atoms with Crippen LogP contribution in [0, 0.1) is 11.3 Å². The molecule has 1 aromatic carbocycles. The first-order chi connectivity index (χ1) is 9.17. The van der Waals surface area contributed by atoms with Gasteiger partial charge in [-0.1, -0.05) is 12.1 Å². The monoisotopic (exact) mass is 261 g/mol. The first-order valence-corrected chi connectivity index (χ1v) is 6.27. The fourth-order valence-corrected chi connectivity index (χ4v) is 1.55. The maximum absolute atomic E-state index is 11.5. The van der Waals surface area contributed by atoms with E-state index in [9.17, 15) is 4.79 Å². The number of carbonyl (C=O) groups is 1. The van der Waals surface area contributed by atoms with E-state index < -0.39 is 0 Å². The number of benzene rings is 1. The van der Waals surface area contributed by atoms with Crippen LogP contribution in [0.5, 0.6) is 5.75 Å². The van der Waals surface area contributed by atoms with E-state index in [4.69, 9.17) is 10.00 Å². The molecule has 102 valence electrons. The molecule has 0 saturated carbocycles. The number of ether oxygens (including phenoxy) is 1. The van der Waals surface area contributed by atoms with Gasteiger partial charge in [0.2, 0.25) is 5.91 Å². The van der Waals surface area contributed by atoms with Crippen LogP contribution in [0.1, 0.15) is 19.4 Å². The lowest BCUT2D eigenvalue weighted by Crippen LogP contribution is -2.41. The Bertz CT molecular complexity index is 454. The van der Waals surface area contributed by atoms with Crippen molar-refractivity contribution in [1.82, 2.24) is 10.6 Å². The average Bonchev–Trinajstić information content (AvgIpc) is 2.43. The Labute approximate surface area is 113 Å². The van der Waals surface area contributed by atoms with Crippen LogP contribution in [-0.4, -0.2) is 25.1 Å². The van der Waals surface area contributed by atoms with E-state index in [0.717, 1.165) is 5.56 Å². The molecule has 0 fully saturated rings. The Kier molecular flexibility index (Phi) is 6.41. The molecule has 1 rings (SSSR count). The zero-order chi connectivity index (χ0) is 14.1. The van der Waals surface area contributed by atoms with Crippen LogP contribution in [-0.2, 0) is 11.3 Å². The van der Waals surface area contributed by atoms with Gasteiger partial charge >= 0.3 is 0 Å². The standard InChI is InChI=1S/C14H19N3O2/c1-3-16-14(18)11(2)17-10-12-5-4-6-13(9-12)19-8-7-15/h4-6,9,11,17H,3,8,10H2,1-2H3,(H,16,18). The minimum Gasteiger partial charge on any atom is -0.479 e. The molecule has 5 heteroatoms. The molecular weight excluding hydrogens is 242 g/mol. The van der Waals surface area contributed by atoms with E-state index in [2.05, 4.69) is 10.6 Å². The summed E-state index contributed by atoms with van der Waals surface area (Å²) >= 11 is 0. The molecule has 0 radical (unpaired) electrons. The lowest BCUT2D eigenvalue weighted by atomic mass is 10.2. The topological polar surface area (TPSA) is 74.2 Å². The van der Waals surface area contributed by atoms with Crippen molar-refractivity contribution in [3.05, 3.63) is 29.8 Å². The molecule has 1 amide bonds. The molecule has 5 nitrogen and oxygen atoms in total. The van der Waals surface area contributed by atoms with Crippen molar-refractivity contribution in [2.75, 3.05) is 13.2 Å². The summed E-state index contributed by atoms with van der Waals surface area (Å²) in [6.07, 6.45) is 0. The lowest BCUT2D eigenvalue weighted by molar-refractivity contribution is -0.122. The van der Waals surface area contributed by atoms with E-state index in [0.29, 0.717) is 18.8 Å². The summed E-state index contributed by atoms with van der Waals surface area (Å²) in [6, 6.07) is 9.14. The van der Waals surface area contributed by atoms with Crippen molar-refractivity contribution < 1.29 is 9.53 Å². The molecule has 0 heterocycles. The first-order valence-electron chi connectivity index (χ1n) is 6.27. The highest BCUT2D eigenvalue weighted by Gasteiger charge is 2.10. The smallest absolute Gasteiger partial charge is 0.236 e. The Morgan fingerprint density at radius 2 is 2.32 bits per heavy atom. The zero-order valence-electron chi connectivity index (χ0n) is 11.3. The quantitative estimate of drug-likeness (QED) is 0.773. The molecule has 0 bridgehead atoms. The molecule has 0 saturated heterocycles. The normalized spacial score (nSPS) is 11.4. The summed E-state index contributed by atoms with van der Waals surface area (Å²) in [6.45, 7) is 4.94. The predicted octanol–water partition coefficient (Wildman–Crippen LogP) is 1.20. The van der Waals surface area contributed by atoms with Crippen molar-refractivity contribution in [1.29, 1.82) is 5.26 Å². The SMILES string of the molecule is CCNC(=O)C(C)NCc1cccc(OCC#N)c1. The number of nitrogens with one attached hydrogen (secondary N) is 2. The highest BCUT2D eigenvalue weighted by atomic mass is 16.5. The second-order valence-electron chi connectivity index (χ2n) is 4.09. The predicted molar refractivity (Wildman–Crippen MR) is 72.5 cm³/mol. The third kappa shape index (κ3) is 5.40. The van der Waals surface area contributed by atoms with Gasteiger partial charge in [0.25, 0.3) is 0 Å². The molecular formula is C14H19N3O2. The molecule has 1 unspecified atom stereocenters. The molecule has 19 heavy (non-hydrogen) atoms. The number of likely N-dealkylation sites (N-methyl/N-ethyl adjacent to an activating group) is 1. The van der Waals surface area contributed by atoms with Crippen molar-refractivity contribution in [3.63, 3.8) is 0 Å². The van der Waals surface area contributed by atoms with E-state index in [1.54, 1.807) is 6.07 Å². The van der Waals surface area contributed by atoms with Gasteiger partial charge in [0, 0.05) is 13.1 Å². The van der Waals surface area contributed by atoms with Gasteiger partial charge in [-0.05, 0) is 31.5 Å². The number of hydrogen-bond donors (Lipinski definition) is 2. The first kappa shape index (κ1) is 15.0. The lowest BCUT2D eigenvalue weighted by Gasteiger charge is -2.13. The van der Waals surface area contributed by atoms with Crippen molar-refractivity contribution >= 4 is 5.91 Å². The minimum absolute atomic E-state index is 0.0145. The minimum atomic E-state index is -0.247. The van der Waals surface area contributed by atoms with Crippen LogP contribution in [0.2, 0.25) is 0 Å². The molecule has 0 aliphatic heterocycles. The second kappa shape index (κ2) is 8.11. The Morgan fingerprint density at radius 3 is 3.00 bits per heavy atom. The maximum atomic E-state index is 11.5. The highest BCUT2D eigenvalue weighted by molar-refractivity contribution is 5.81. The van der Waals surface area contributed by atoms with E-state index >= 15 is 0 Å². The van der Waals surface area contributed by atoms with Gasteiger partial charge in [0.05, 0.1) is 6.04 Å². The number of hydrogen-bond acceptors (Lipinski definition) is 4. The van der Waals surface area contributed by atoms with Crippen LogP contribution >= 0.6 is 0 Å². The molecule has 0 aliphatic rings. The van der Waals surface area contributed by atoms with Crippen LogP contribution in [0.25, 0.3) is 0 Å². The van der Waals surface area contributed by atoms with E-state index in [1.807, 2.05) is 38.1 Å². The summed E-state index contributed by atoms with van der Waals surface area (Å²) < 4.78 is 5.22. The molecule has 0 aliphatic carbocycles. The molecule has 0 spiro atoms. The van der Waals surface area contributed by atoms with Crippen molar-refractivity contribution in [3.8, 4) is 11.8 Å². The maximum Gasteiger partial charge on any atom is 0.236 e. The summed E-state index contributed by atoms with van der Waals surface area (Å²) in [4.78, 5) is 11.5. The van der Waals surface area contributed by atoms with E-state index in [1.165, 1.54) is 0 Å². The third-order valence-corrected chi connectivity index (χ3v) is 2.56. The summed E-state index contributed by atoms with van der Waals surface area (Å²) in [5.41, 5.74) is 1.01. The fourth-order valence-electron chi connectivity index (χ4n) is 1.55. The van der Waals surface area contributed by atoms with Gasteiger partial charge in [-0.15, -0.1) is 0 Å². The molecule has 2 N–H and O–H groups in total. The third-order valence-electron chi connectivity index (χ3n) is 2.56. The van der Waals surface area contributed by atoms with Crippen LogP contribution in [0.3, 0.4) is 0 Å². The Balaban J connectivity index is 2.49. The van der Waals surface area contributed by atoms with Crippen LogP contribution in [0.15, 0.2) is 24.3 Å². The number of amides is 1. The summed E-state index contributed by atoms with van der Waals surface area (Å²) in [5, 5.41) is 14.3. The average molecular weight is 261 g/mol. The summed E-state index contributed by atoms with van der Waals surface area (Å²) in [7, 11) is 0. The molecule has 1 atom stereocenters. The van der Waals surface area contributed by atoms with Gasteiger partial charge in [-0.25, -0.2) is 0 Å². The van der Waals surface area contributed by atoms with Gasteiger partial charge in [0.15, 0.2) is 6.61 Å². The number of rotatable bonds is 7. The van der Waals surface area contributed by atoms with Gasteiger partial charge < -0.3 is 15.4 Å². The Morgan fingerprint density at radius 1 is 1.53 bits per heavy atom. The van der Waals surface area contributed by atoms with Crippen molar-refractivity contribution in [2.45, 2.75) is 26.4 Å². The zero-order valence-corrected chi connectivity index (χ0v) is 11.3. The van der Waals surface area contributed by atoms with Gasteiger partial charge in [-0.3, -0.25) is 4.79 Å². The highest BCUT2D eigenvalue weighted by Crippen LogP contribution is 2.13. The van der Waals surface area contributed by atoms with Gasteiger partial charge in [0.1, 0.15) is 11.8 Å². The summed E-state index contributed by atoms with van der Waals surface area (Å²) in [5.74, 6) is 0.644. The van der Waals surface area contributed by atoms with E-state index in [-0.39, 0.29) is 18.6 Å². The fraction of sp³-hybridized carbons (Fsp3) is 0.429. The number of carbonyl (C=O) groups excluding carboxylic acids is 1. The van der Waals surface area contributed by atoms with Crippen molar-refractivity contribution in [2.24, 2.45) is 0 Å². The van der Waals surface area contributed by atoms with Crippen LogP contribution < -0.4 is 15.4 Å². The Hall–Kier alpha value is -2.06. The molecule has 1 aromatic rings.